The highest BCUT2D eigenvalue weighted by Gasteiger charge is 2.13. The van der Waals surface area contributed by atoms with Gasteiger partial charge in [-0.25, -0.2) is 0 Å². The Labute approximate surface area is 130 Å². The number of nitro groups is 1. The van der Waals surface area contributed by atoms with Crippen LogP contribution in [0.1, 0.15) is 11.1 Å². The van der Waals surface area contributed by atoms with Crippen LogP contribution < -0.4 is 9.47 Å². The third-order valence-corrected chi connectivity index (χ3v) is 3.65. The molecule has 0 N–H and O–H groups in total. The van der Waals surface area contributed by atoms with Crippen LogP contribution in [-0.2, 0) is 5.33 Å². The molecule has 0 unspecified atom stereocenters. The minimum atomic E-state index is -0.467. The molecular weight excluding hydrogens is 338 g/mol. The summed E-state index contributed by atoms with van der Waals surface area (Å²) < 4.78 is 10.9. The molecule has 2 aromatic rings. The van der Waals surface area contributed by atoms with Gasteiger partial charge in [0, 0.05) is 11.4 Å². The number of rotatable bonds is 5. The first-order valence-corrected chi connectivity index (χ1v) is 7.33. The summed E-state index contributed by atoms with van der Waals surface area (Å²) in [6, 6.07) is 9.91. The summed E-state index contributed by atoms with van der Waals surface area (Å²) in [5, 5.41) is 11.6. The summed E-state index contributed by atoms with van der Waals surface area (Å²) >= 11 is 3.41. The molecule has 0 aliphatic carbocycles. The number of ether oxygens (including phenoxy) is 2. The van der Waals surface area contributed by atoms with Gasteiger partial charge in [-0.2, -0.15) is 0 Å². The molecular formula is C15H14BrNO4. The van der Waals surface area contributed by atoms with Crippen LogP contribution >= 0.6 is 15.9 Å². The maximum atomic E-state index is 10.8. The van der Waals surface area contributed by atoms with E-state index in [0.717, 1.165) is 16.5 Å². The number of alkyl halides is 1. The second-order valence-electron chi connectivity index (χ2n) is 4.42. The van der Waals surface area contributed by atoms with Crippen molar-refractivity contribution in [2.45, 2.75) is 12.3 Å². The first-order valence-electron chi connectivity index (χ1n) is 6.21. The number of hydrogen-bond acceptors (Lipinski definition) is 4. The number of hydrogen-bond donors (Lipinski definition) is 0. The van der Waals surface area contributed by atoms with E-state index in [1.807, 2.05) is 25.1 Å². The second-order valence-corrected chi connectivity index (χ2v) is 4.98. The maximum Gasteiger partial charge on any atom is 0.273 e. The molecule has 0 aromatic heterocycles. The van der Waals surface area contributed by atoms with Gasteiger partial charge in [-0.1, -0.05) is 22.0 Å². The zero-order valence-corrected chi connectivity index (χ0v) is 13.2. The average Bonchev–Trinajstić information content (AvgIpc) is 2.47. The van der Waals surface area contributed by atoms with E-state index in [0.29, 0.717) is 17.2 Å². The quantitative estimate of drug-likeness (QED) is 0.448. The van der Waals surface area contributed by atoms with Gasteiger partial charge >= 0.3 is 0 Å². The summed E-state index contributed by atoms with van der Waals surface area (Å²) in [4.78, 5) is 10.4. The molecule has 0 bridgehead atoms. The van der Waals surface area contributed by atoms with Gasteiger partial charge in [-0.05, 0) is 36.2 Å². The summed E-state index contributed by atoms with van der Waals surface area (Å²) in [6.45, 7) is 1.98. The van der Waals surface area contributed by atoms with E-state index in [1.165, 1.54) is 25.3 Å². The van der Waals surface area contributed by atoms with Crippen molar-refractivity contribution in [1.82, 2.24) is 0 Å². The Morgan fingerprint density at radius 2 is 1.95 bits per heavy atom. The number of non-ortho nitro benzene ring substituents is 1. The molecule has 0 spiro atoms. The van der Waals surface area contributed by atoms with Crippen molar-refractivity contribution in [3.8, 4) is 17.2 Å². The van der Waals surface area contributed by atoms with Crippen LogP contribution in [0.4, 0.5) is 5.69 Å². The molecule has 21 heavy (non-hydrogen) atoms. The van der Waals surface area contributed by atoms with Crippen molar-refractivity contribution in [3.63, 3.8) is 0 Å². The molecule has 0 radical (unpaired) electrons. The molecule has 2 rings (SSSR count). The molecule has 6 heteroatoms. The first-order chi connectivity index (χ1) is 10.0. The van der Waals surface area contributed by atoms with Gasteiger partial charge in [0.1, 0.15) is 5.75 Å². The molecule has 0 aliphatic rings. The van der Waals surface area contributed by atoms with Crippen LogP contribution in [-0.4, -0.2) is 12.0 Å². The predicted octanol–water partition coefficient (Wildman–Crippen LogP) is 4.60. The topological polar surface area (TPSA) is 61.6 Å². The summed E-state index contributed by atoms with van der Waals surface area (Å²) in [7, 11) is 1.49. The number of benzene rings is 2. The molecule has 0 aliphatic heterocycles. The fourth-order valence-electron chi connectivity index (χ4n) is 1.87. The van der Waals surface area contributed by atoms with E-state index in [2.05, 4.69) is 15.9 Å². The lowest BCUT2D eigenvalue weighted by molar-refractivity contribution is -0.384. The molecule has 0 heterocycles. The van der Waals surface area contributed by atoms with Crippen molar-refractivity contribution in [2.75, 3.05) is 7.11 Å². The van der Waals surface area contributed by atoms with Gasteiger partial charge in [-0.15, -0.1) is 0 Å². The molecule has 0 saturated heterocycles. The second kappa shape index (κ2) is 6.58. The van der Waals surface area contributed by atoms with Crippen LogP contribution in [0.25, 0.3) is 0 Å². The summed E-state index contributed by atoms with van der Waals surface area (Å²) in [5.74, 6) is 1.37. The Bertz CT molecular complexity index is 673. The number of methoxy groups -OCH3 is 1. The number of aryl methyl sites for hydroxylation is 1. The fourth-order valence-corrected chi connectivity index (χ4v) is 2.50. The van der Waals surface area contributed by atoms with Gasteiger partial charge in [0.25, 0.3) is 5.69 Å². The minimum Gasteiger partial charge on any atom is -0.493 e. The van der Waals surface area contributed by atoms with E-state index in [9.17, 15) is 10.1 Å². The highest BCUT2D eigenvalue weighted by atomic mass is 79.9. The molecule has 2 aromatic carbocycles. The SMILES string of the molecule is COc1ccc([N+](=O)[O-])cc1Oc1ccc(CBr)c(C)c1. The van der Waals surface area contributed by atoms with Gasteiger partial charge in [-0.3, -0.25) is 10.1 Å². The predicted molar refractivity (Wildman–Crippen MR) is 83.5 cm³/mol. The van der Waals surface area contributed by atoms with Gasteiger partial charge in [0.15, 0.2) is 11.5 Å². The Hall–Kier alpha value is -2.08. The molecule has 110 valence electrons. The lowest BCUT2D eigenvalue weighted by atomic mass is 10.1. The van der Waals surface area contributed by atoms with Crippen LogP contribution in [0.2, 0.25) is 0 Å². The lowest BCUT2D eigenvalue weighted by Gasteiger charge is -2.11. The van der Waals surface area contributed by atoms with Crippen LogP contribution in [0.5, 0.6) is 17.2 Å². The van der Waals surface area contributed by atoms with E-state index < -0.39 is 4.92 Å². The number of halogens is 1. The Morgan fingerprint density at radius 1 is 1.19 bits per heavy atom. The number of nitro benzene ring substituents is 1. The van der Waals surface area contributed by atoms with E-state index in [1.54, 1.807) is 0 Å². The minimum absolute atomic E-state index is 0.0420. The Kier molecular flexibility index (Phi) is 4.80. The van der Waals surface area contributed by atoms with Gasteiger partial charge in [0.05, 0.1) is 18.1 Å². The largest absolute Gasteiger partial charge is 0.493 e. The zero-order valence-electron chi connectivity index (χ0n) is 11.6. The maximum absolute atomic E-state index is 10.8. The van der Waals surface area contributed by atoms with Crippen LogP contribution in [0.3, 0.4) is 0 Å². The smallest absolute Gasteiger partial charge is 0.273 e. The van der Waals surface area contributed by atoms with E-state index >= 15 is 0 Å². The molecule has 0 amide bonds. The average molecular weight is 352 g/mol. The van der Waals surface area contributed by atoms with Gasteiger partial charge < -0.3 is 9.47 Å². The highest BCUT2D eigenvalue weighted by molar-refractivity contribution is 9.08. The molecule has 0 atom stereocenters. The Balaban J connectivity index is 2.35. The third kappa shape index (κ3) is 3.52. The van der Waals surface area contributed by atoms with E-state index in [4.69, 9.17) is 9.47 Å². The standard InChI is InChI=1S/C15H14BrNO4/c1-10-7-13(5-3-11(10)9-16)21-15-8-12(17(18)19)4-6-14(15)20-2/h3-8H,9H2,1-2H3. The molecule has 0 fully saturated rings. The molecule has 0 saturated carbocycles. The Morgan fingerprint density at radius 3 is 2.52 bits per heavy atom. The van der Waals surface area contributed by atoms with Crippen molar-refractivity contribution < 1.29 is 14.4 Å². The van der Waals surface area contributed by atoms with Crippen molar-refractivity contribution in [2.24, 2.45) is 0 Å². The monoisotopic (exact) mass is 351 g/mol. The van der Waals surface area contributed by atoms with Crippen LogP contribution in [0, 0.1) is 17.0 Å². The normalized spacial score (nSPS) is 10.2. The van der Waals surface area contributed by atoms with Crippen molar-refractivity contribution in [1.29, 1.82) is 0 Å². The number of nitrogens with zero attached hydrogens (tertiary/aromatic N) is 1. The van der Waals surface area contributed by atoms with E-state index in [-0.39, 0.29) is 5.69 Å². The highest BCUT2D eigenvalue weighted by Crippen LogP contribution is 2.35. The van der Waals surface area contributed by atoms with Crippen molar-refractivity contribution in [3.05, 3.63) is 57.6 Å². The fraction of sp³-hybridized carbons (Fsp3) is 0.200. The lowest BCUT2D eigenvalue weighted by Crippen LogP contribution is -1.94. The summed E-state index contributed by atoms with van der Waals surface area (Å²) in [5.41, 5.74) is 2.20. The van der Waals surface area contributed by atoms with Crippen molar-refractivity contribution >= 4 is 21.6 Å². The molecule has 5 nitrogen and oxygen atoms in total. The van der Waals surface area contributed by atoms with Gasteiger partial charge in [0.2, 0.25) is 0 Å². The first kappa shape index (κ1) is 15.3. The third-order valence-electron chi connectivity index (χ3n) is 3.04. The summed E-state index contributed by atoms with van der Waals surface area (Å²) in [6.07, 6.45) is 0. The van der Waals surface area contributed by atoms with Crippen LogP contribution in [0.15, 0.2) is 36.4 Å². The zero-order chi connectivity index (χ0) is 15.4.